The highest BCUT2D eigenvalue weighted by atomic mass is 31.2. The van der Waals surface area contributed by atoms with Crippen LogP contribution in [0.5, 0.6) is 0 Å². The monoisotopic (exact) mass is 1310 g/mol. The summed E-state index contributed by atoms with van der Waals surface area (Å²) in [6.45, 7) is 7.15. The molecule has 0 aliphatic carbocycles. The number of phosphoric ester groups is 2. The summed E-state index contributed by atoms with van der Waals surface area (Å²) in [5.41, 5.74) is 0. The van der Waals surface area contributed by atoms with Gasteiger partial charge in [-0.2, -0.15) is 0 Å². The van der Waals surface area contributed by atoms with Crippen molar-refractivity contribution in [2.24, 2.45) is 5.92 Å². The summed E-state index contributed by atoms with van der Waals surface area (Å²) in [5.74, 6) is -1.39. The zero-order valence-corrected chi connectivity index (χ0v) is 59.4. The number of unbranched alkanes of at least 4 members (excludes halogenated alkanes) is 42. The van der Waals surface area contributed by atoms with Crippen LogP contribution in [-0.4, -0.2) is 96.7 Å². The van der Waals surface area contributed by atoms with Gasteiger partial charge in [0.25, 0.3) is 0 Å². The molecule has 0 aromatic carbocycles. The smallest absolute Gasteiger partial charge is 0.462 e. The van der Waals surface area contributed by atoms with Crippen LogP contribution in [0.4, 0.5) is 0 Å². The first-order valence-corrected chi connectivity index (χ1v) is 39.6. The normalized spacial score (nSPS) is 14.1. The molecule has 0 saturated carbocycles. The zero-order chi connectivity index (χ0) is 65.6. The summed E-state index contributed by atoms with van der Waals surface area (Å²) in [5, 5.41) is 10.5. The highest BCUT2D eigenvalue weighted by Crippen LogP contribution is 2.45. The first-order valence-electron chi connectivity index (χ1n) is 36.6. The van der Waals surface area contributed by atoms with Crippen molar-refractivity contribution in [1.82, 2.24) is 0 Å². The highest BCUT2D eigenvalue weighted by Gasteiger charge is 2.30. The van der Waals surface area contributed by atoms with E-state index in [0.29, 0.717) is 25.7 Å². The Morgan fingerprint density at radius 1 is 0.303 bits per heavy atom. The van der Waals surface area contributed by atoms with Gasteiger partial charge in [0.1, 0.15) is 19.3 Å². The summed E-state index contributed by atoms with van der Waals surface area (Å²) in [7, 11) is -9.89. The average molecular weight is 1310 g/mol. The van der Waals surface area contributed by atoms with Crippen LogP contribution in [-0.2, 0) is 65.4 Å². The van der Waals surface area contributed by atoms with E-state index in [2.05, 4.69) is 34.6 Å². The molecule has 3 N–H and O–H groups in total. The van der Waals surface area contributed by atoms with Gasteiger partial charge in [-0.1, -0.05) is 311 Å². The van der Waals surface area contributed by atoms with Crippen molar-refractivity contribution in [3.8, 4) is 0 Å². The van der Waals surface area contributed by atoms with Gasteiger partial charge in [0, 0.05) is 25.7 Å². The maximum absolute atomic E-state index is 13.0. The van der Waals surface area contributed by atoms with Crippen molar-refractivity contribution in [3.05, 3.63) is 0 Å². The fourth-order valence-corrected chi connectivity index (χ4v) is 12.2. The maximum atomic E-state index is 13.0. The molecule has 528 valence electrons. The second kappa shape index (κ2) is 63.5. The lowest BCUT2D eigenvalue weighted by atomic mass is 10.0. The van der Waals surface area contributed by atoms with Crippen molar-refractivity contribution < 1.29 is 80.2 Å². The Bertz CT molecular complexity index is 1720. The molecule has 0 amide bonds. The zero-order valence-electron chi connectivity index (χ0n) is 57.6. The molecule has 0 aromatic rings. The molecule has 0 heterocycles. The Kier molecular flexibility index (Phi) is 62.1. The molecule has 0 bridgehead atoms. The van der Waals surface area contributed by atoms with Gasteiger partial charge in [-0.05, 0) is 31.6 Å². The molecule has 0 aromatic heterocycles. The Hall–Kier alpha value is -1.94. The van der Waals surface area contributed by atoms with Crippen molar-refractivity contribution in [3.63, 3.8) is 0 Å². The van der Waals surface area contributed by atoms with Gasteiger partial charge in [-0.3, -0.25) is 37.3 Å². The summed E-state index contributed by atoms with van der Waals surface area (Å²) in [6.07, 6.45) is 50.4. The summed E-state index contributed by atoms with van der Waals surface area (Å²) in [4.78, 5) is 72.2. The van der Waals surface area contributed by atoms with Gasteiger partial charge >= 0.3 is 39.5 Å². The molecule has 0 rings (SSSR count). The minimum Gasteiger partial charge on any atom is -0.462 e. The molecular formula is C70H136O17P2. The predicted octanol–water partition coefficient (Wildman–Crippen LogP) is 20.1. The number of carbonyl (C=O) groups excluding carboxylic acids is 4. The van der Waals surface area contributed by atoms with Crippen LogP contribution in [0.15, 0.2) is 0 Å². The van der Waals surface area contributed by atoms with Crippen LogP contribution < -0.4 is 0 Å². The quantitative estimate of drug-likeness (QED) is 0.0222. The number of ether oxygens (including phenoxy) is 4. The minimum absolute atomic E-state index is 0.105. The number of hydrogen-bond acceptors (Lipinski definition) is 15. The van der Waals surface area contributed by atoms with Gasteiger partial charge in [0.2, 0.25) is 0 Å². The number of esters is 4. The maximum Gasteiger partial charge on any atom is 0.472 e. The van der Waals surface area contributed by atoms with Gasteiger partial charge in [-0.15, -0.1) is 0 Å². The van der Waals surface area contributed by atoms with Crippen LogP contribution in [0.3, 0.4) is 0 Å². The van der Waals surface area contributed by atoms with Crippen LogP contribution >= 0.6 is 15.6 Å². The number of rotatable bonds is 70. The minimum atomic E-state index is -4.95. The van der Waals surface area contributed by atoms with Gasteiger partial charge in [-0.25, -0.2) is 9.13 Å². The fraction of sp³-hybridized carbons (Fsp3) is 0.943. The standard InChI is InChI=1S/C70H136O17P2/c1-6-9-12-15-18-20-21-22-23-24-25-26-27-28-29-30-31-32-35-41-46-51-56-70(75)87-66(60-81-68(73)54-49-44-40-36-33-34-38-42-47-52-63(4)5)62-85-89(78,79)83-58-64(71)57-82-88(76,77)84-61-65(59-80-67(72)53-48-43-37-17-14-11-8-3)86-69(74)55-50-45-39-19-16-13-10-7-2/h63-66,71H,6-62H2,1-5H3,(H,76,77)(H,78,79)/t64-,65+,66+/m0/s1. The van der Waals surface area contributed by atoms with E-state index in [4.69, 9.17) is 37.0 Å². The summed E-state index contributed by atoms with van der Waals surface area (Å²) in [6, 6.07) is 0. The molecule has 5 atom stereocenters. The third kappa shape index (κ3) is 64.6. The first kappa shape index (κ1) is 87.1. The Morgan fingerprint density at radius 3 is 0.764 bits per heavy atom. The van der Waals surface area contributed by atoms with Gasteiger partial charge in [0.15, 0.2) is 12.2 Å². The lowest BCUT2D eigenvalue weighted by Crippen LogP contribution is -2.30. The van der Waals surface area contributed by atoms with Crippen LogP contribution in [0.2, 0.25) is 0 Å². The van der Waals surface area contributed by atoms with Crippen LogP contribution in [0, 0.1) is 5.92 Å². The van der Waals surface area contributed by atoms with E-state index >= 15 is 0 Å². The number of aliphatic hydroxyl groups excluding tert-OH is 1. The molecule has 0 aliphatic heterocycles. The third-order valence-electron chi connectivity index (χ3n) is 16.3. The van der Waals surface area contributed by atoms with Crippen LogP contribution in [0.25, 0.3) is 0 Å². The summed E-state index contributed by atoms with van der Waals surface area (Å²) < 4.78 is 68.0. The SMILES string of the molecule is CCCCCCCCCCCCCCCCCCCCCCCCC(=O)O[C@H](COC(=O)CCCCCCCCCCCC(C)C)COP(=O)(O)OC[C@@H](O)COP(=O)(O)OC[C@@H](COC(=O)CCCCCCCCC)OC(=O)CCCCCCCCCC. The van der Waals surface area contributed by atoms with E-state index in [1.54, 1.807) is 0 Å². The molecule has 19 heteroatoms. The molecule has 89 heavy (non-hydrogen) atoms. The van der Waals surface area contributed by atoms with E-state index in [9.17, 15) is 43.2 Å². The van der Waals surface area contributed by atoms with E-state index in [-0.39, 0.29) is 25.7 Å². The lowest BCUT2D eigenvalue weighted by molar-refractivity contribution is -0.161. The van der Waals surface area contributed by atoms with Crippen LogP contribution in [0.1, 0.15) is 362 Å². The Morgan fingerprint density at radius 2 is 0.517 bits per heavy atom. The van der Waals surface area contributed by atoms with Gasteiger partial charge in [0.05, 0.1) is 26.4 Å². The molecule has 17 nitrogen and oxygen atoms in total. The second-order valence-electron chi connectivity index (χ2n) is 25.7. The highest BCUT2D eigenvalue weighted by molar-refractivity contribution is 7.47. The number of aliphatic hydroxyl groups is 1. The topological polar surface area (TPSA) is 237 Å². The van der Waals surface area contributed by atoms with Crippen molar-refractivity contribution in [2.75, 3.05) is 39.6 Å². The number of hydrogen-bond donors (Lipinski definition) is 3. The molecule has 0 aliphatic rings. The predicted molar refractivity (Wildman–Crippen MR) is 358 cm³/mol. The molecule has 0 saturated heterocycles. The van der Waals surface area contributed by atoms with Crippen molar-refractivity contribution in [2.45, 2.75) is 380 Å². The number of phosphoric acid groups is 2. The molecule has 0 fully saturated rings. The molecule has 2 unspecified atom stereocenters. The average Bonchev–Trinajstić information content (AvgIpc) is 3.64. The van der Waals surface area contributed by atoms with E-state index in [0.717, 1.165) is 115 Å². The lowest BCUT2D eigenvalue weighted by Gasteiger charge is -2.21. The number of carbonyl (C=O) groups is 4. The molecular weight excluding hydrogens is 1170 g/mol. The van der Waals surface area contributed by atoms with Crippen molar-refractivity contribution >= 4 is 39.5 Å². The second-order valence-corrected chi connectivity index (χ2v) is 28.7. The molecule has 0 radical (unpaired) electrons. The largest absolute Gasteiger partial charge is 0.472 e. The third-order valence-corrected chi connectivity index (χ3v) is 18.2. The Labute approximate surface area is 543 Å². The fourth-order valence-electron chi connectivity index (χ4n) is 10.6. The van der Waals surface area contributed by atoms with E-state index < -0.39 is 97.5 Å². The van der Waals surface area contributed by atoms with Crippen molar-refractivity contribution in [1.29, 1.82) is 0 Å². The van der Waals surface area contributed by atoms with E-state index in [1.807, 2.05) is 0 Å². The van der Waals surface area contributed by atoms with Gasteiger partial charge < -0.3 is 33.8 Å². The Balaban J connectivity index is 5.09. The van der Waals surface area contributed by atoms with E-state index in [1.165, 1.54) is 167 Å². The first-order chi connectivity index (χ1) is 43.0. The molecule has 0 spiro atoms. The summed E-state index contributed by atoms with van der Waals surface area (Å²) >= 11 is 0.